The number of carbonyl (C=O) groups excluding carboxylic acids is 1. The van der Waals surface area contributed by atoms with Gasteiger partial charge in [0.1, 0.15) is 0 Å². The van der Waals surface area contributed by atoms with E-state index in [1.807, 2.05) is 6.92 Å². The minimum atomic E-state index is -0.552. The Balaban J connectivity index is 2.10. The lowest BCUT2D eigenvalue weighted by atomic mass is 10.1. The van der Waals surface area contributed by atoms with Crippen molar-refractivity contribution in [2.75, 3.05) is 19.7 Å². The number of aromatic amines is 2. The van der Waals surface area contributed by atoms with Gasteiger partial charge >= 0.3 is 5.69 Å². The minimum Gasteiger partial charge on any atom is -0.376 e. The quantitative estimate of drug-likeness (QED) is 0.791. The van der Waals surface area contributed by atoms with E-state index in [0.29, 0.717) is 24.3 Å². The van der Waals surface area contributed by atoms with E-state index in [0.717, 1.165) is 25.9 Å². The highest BCUT2D eigenvalue weighted by Gasteiger charge is 2.23. The highest BCUT2D eigenvalue weighted by molar-refractivity contribution is 5.78. The van der Waals surface area contributed by atoms with Crippen molar-refractivity contribution in [2.45, 2.75) is 45.6 Å². The summed E-state index contributed by atoms with van der Waals surface area (Å²) in [6, 6.07) is 0. The maximum absolute atomic E-state index is 12.5. The number of rotatable bonds is 6. The van der Waals surface area contributed by atoms with Crippen LogP contribution in [0.25, 0.3) is 0 Å². The summed E-state index contributed by atoms with van der Waals surface area (Å²) in [6.07, 6.45) is 2.92. The van der Waals surface area contributed by atoms with Crippen LogP contribution in [-0.4, -0.2) is 46.6 Å². The normalized spacial score (nSPS) is 17.6. The zero-order valence-corrected chi connectivity index (χ0v) is 13.1. The largest absolute Gasteiger partial charge is 0.376 e. The molecule has 1 saturated heterocycles. The van der Waals surface area contributed by atoms with Crippen molar-refractivity contribution >= 4 is 5.91 Å². The van der Waals surface area contributed by atoms with Crippen LogP contribution in [0.4, 0.5) is 0 Å². The van der Waals surface area contributed by atoms with Gasteiger partial charge in [-0.2, -0.15) is 0 Å². The maximum atomic E-state index is 12.5. The Morgan fingerprint density at radius 2 is 2.14 bits per heavy atom. The second-order valence-corrected chi connectivity index (χ2v) is 5.66. The van der Waals surface area contributed by atoms with Crippen LogP contribution in [0.15, 0.2) is 9.59 Å². The molecule has 1 aromatic heterocycles. The molecule has 1 aliphatic rings. The van der Waals surface area contributed by atoms with Crippen molar-refractivity contribution in [2.24, 2.45) is 0 Å². The Morgan fingerprint density at radius 1 is 1.36 bits per heavy atom. The van der Waals surface area contributed by atoms with Crippen molar-refractivity contribution in [3.05, 3.63) is 32.1 Å². The van der Waals surface area contributed by atoms with Crippen LogP contribution in [0.3, 0.4) is 0 Å². The van der Waals surface area contributed by atoms with E-state index in [1.54, 1.807) is 11.8 Å². The Labute approximate surface area is 128 Å². The van der Waals surface area contributed by atoms with E-state index >= 15 is 0 Å². The van der Waals surface area contributed by atoms with Crippen molar-refractivity contribution in [3.8, 4) is 0 Å². The Morgan fingerprint density at radius 3 is 2.73 bits per heavy atom. The molecule has 0 saturated carbocycles. The number of nitrogens with zero attached hydrogens (tertiary/aromatic N) is 1. The first-order valence-corrected chi connectivity index (χ1v) is 7.72. The fourth-order valence-corrected chi connectivity index (χ4v) is 2.72. The Bertz CT molecular complexity index is 628. The third kappa shape index (κ3) is 4.07. The van der Waals surface area contributed by atoms with Gasteiger partial charge in [0.05, 0.1) is 12.5 Å². The average molecular weight is 309 g/mol. The predicted molar refractivity (Wildman–Crippen MR) is 82.0 cm³/mol. The summed E-state index contributed by atoms with van der Waals surface area (Å²) in [5, 5.41) is 0. The molecule has 7 heteroatoms. The van der Waals surface area contributed by atoms with Gasteiger partial charge in [0.15, 0.2) is 0 Å². The first kappa shape index (κ1) is 16.5. The monoisotopic (exact) mass is 309 g/mol. The van der Waals surface area contributed by atoms with Gasteiger partial charge in [-0.1, -0.05) is 6.92 Å². The molecule has 2 heterocycles. The molecule has 0 aromatic carbocycles. The first-order chi connectivity index (χ1) is 10.5. The molecule has 1 aromatic rings. The third-order valence-corrected chi connectivity index (χ3v) is 3.88. The summed E-state index contributed by atoms with van der Waals surface area (Å²) in [5.41, 5.74) is -0.291. The fourth-order valence-electron chi connectivity index (χ4n) is 2.72. The standard InChI is InChI=1S/C15H23N3O4/c1-3-6-18(9-11-5-4-7-22-11)13(19)8-12-10(2)16-15(21)17-14(12)20/h11H,3-9H2,1-2H3,(H2,16,17,20,21). The molecule has 1 unspecified atom stereocenters. The molecule has 2 rings (SSSR count). The number of hydrogen-bond acceptors (Lipinski definition) is 4. The van der Waals surface area contributed by atoms with Crippen molar-refractivity contribution in [1.82, 2.24) is 14.9 Å². The van der Waals surface area contributed by atoms with Crippen molar-refractivity contribution in [3.63, 3.8) is 0 Å². The van der Waals surface area contributed by atoms with Crippen LogP contribution in [0.2, 0.25) is 0 Å². The van der Waals surface area contributed by atoms with Gasteiger partial charge in [0, 0.05) is 31.0 Å². The lowest BCUT2D eigenvalue weighted by Gasteiger charge is -2.25. The molecular weight excluding hydrogens is 286 g/mol. The van der Waals surface area contributed by atoms with Crippen molar-refractivity contribution < 1.29 is 9.53 Å². The van der Waals surface area contributed by atoms with Gasteiger partial charge in [-0.3, -0.25) is 14.6 Å². The fraction of sp³-hybridized carbons (Fsp3) is 0.667. The number of hydrogen-bond donors (Lipinski definition) is 2. The highest BCUT2D eigenvalue weighted by Crippen LogP contribution is 2.14. The number of aromatic nitrogens is 2. The van der Waals surface area contributed by atoms with Crippen molar-refractivity contribution in [1.29, 1.82) is 0 Å². The lowest BCUT2D eigenvalue weighted by Crippen LogP contribution is -2.40. The lowest BCUT2D eigenvalue weighted by molar-refractivity contribution is -0.132. The third-order valence-electron chi connectivity index (χ3n) is 3.88. The van der Waals surface area contributed by atoms with E-state index in [1.165, 1.54) is 0 Å². The van der Waals surface area contributed by atoms with E-state index in [9.17, 15) is 14.4 Å². The molecule has 1 amide bonds. The van der Waals surface area contributed by atoms with E-state index < -0.39 is 11.2 Å². The summed E-state index contributed by atoms with van der Waals surface area (Å²) in [4.78, 5) is 42.0. The van der Waals surface area contributed by atoms with Gasteiger partial charge in [-0.25, -0.2) is 4.79 Å². The van der Waals surface area contributed by atoms with Gasteiger partial charge in [-0.05, 0) is 26.2 Å². The molecule has 1 atom stereocenters. The summed E-state index contributed by atoms with van der Waals surface area (Å²) < 4.78 is 5.58. The maximum Gasteiger partial charge on any atom is 0.325 e. The molecule has 1 aliphatic heterocycles. The molecule has 0 bridgehead atoms. The number of H-pyrrole nitrogens is 2. The van der Waals surface area contributed by atoms with E-state index in [-0.39, 0.29) is 18.4 Å². The highest BCUT2D eigenvalue weighted by atomic mass is 16.5. The summed E-state index contributed by atoms with van der Waals surface area (Å²) in [5.74, 6) is -0.113. The summed E-state index contributed by atoms with van der Waals surface area (Å²) in [7, 11) is 0. The molecule has 2 N–H and O–H groups in total. The molecule has 1 fully saturated rings. The van der Waals surface area contributed by atoms with E-state index in [4.69, 9.17) is 4.74 Å². The van der Waals surface area contributed by atoms with Crippen LogP contribution in [-0.2, 0) is 16.0 Å². The smallest absolute Gasteiger partial charge is 0.325 e. The van der Waals surface area contributed by atoms with Gasteiger partial charge in [0.25, 0.3) is 5.56 Å². The van der Waals surface area contributed by atoms with Crippen LogP contribution in [0.1, 0.15) is 37.4 Å². The number of ether oxygens (including phenoxy) is 1. The topological polar surface area (TPSA) is 95.3 Å². The molecule has 122 valence electrons. The molecule has 22 heavy (non-hydrogen) atoms. The first-order valence-electron chi connectivity index (χ1n) is 7.72. The van der Waals surface area contributed by atoms with E-state index in [2.05, 4.69) is 9.97 Å². The second kappa shape index (κ2) is 7.40. The number of amides is 1. The molecule has 0 radical (unpaired) electrons. The predicted octanol–water partition coefficient (Wildman–Crippen LogP) is 0.332. The molecule has 0 aliphatic carbocycles. The summed E-state index contributed by atoms with van der Waals surface area (Å²) >= 11 is 0. The average Bonchev–Trinajstić information content (AvgIpc) is 2.95. The second-order valence-electron chi connectivity index (χ2n) is 5.66. The van der Waals surface area contributed by atoms with Gasteiger partial charge in [-0.15, -0.1) is 0 Å². The van der Waals surface area contributed by atoms with Crippen LogP contribution in [0.5, 0.6) is 0 Å². The number of aryl methyl sites for hydroxylation is 1. The molecule has 7 nitrogen and oxygen atoms in total. The number of nitrogens with one attached hydrogen (secondary N) is 2. The molecular formula is C15H23N3O4. The number of carbonyl (C=O) groups is 1. The van der Waals surface area contributed by atoms with Crippen LogP contribution in [0, 0.1) is 6.92 Å². The SMILES string of the molecule is CCCN(CC1CCCO1)C(=O)Cc1c(C)[nH]c(=O)[nH]c1=O. The minimum absolute atomic E-state index is 0.00926. The Hall–Kier alpha value is -1.89. The Kier molecular flexibility index (Phi) is 5.54. The van der Waals surface area contributed by atoms with Crippen LogP contribution >= 0.6 is 0 Å². The zero-order valence-electron chi connectivity index (χ0n) is 13.1. The zero-order chi connectivity index (χ0) is 16.1. The molecule has 0 spiro atoms. The van der Waals surface area contributed by atoms with Crippen LogP contribution < -0.4 is 11.2 Å². The summed E-state index contributed by atoms with van der Waals surface area (Å²) in [6.45, 7) is 5.58. The van der Waals surface area contributed by atoms with Gasteiger partial charge in [0.2, 0.25) is 5.91 Å². The van der Waals surface area contributed by atoms with Gasteiger partial charge < -0.3 is 14.6 Å².